The van der Waals surface area contributed by atoms with E-state index in [2.05, 4.69) is 0 Å². The number of carbonyl (C=O) groups excluding carboxylic acids is 3. The molecule has 0 saturated carbocycles. The van der Waals surface area contributed by atoms with Crippen LogP contribution in [-0.2, 0) is 16.4 Å². The van der Waals surface area contributed by atoms with Crippen LogP contribution in [0.3, 0.4) is 0 Å². The van der Waals surface area contributed by atoms with Gasteiger partial charge in [-0.3, -0.25) is 19.3 Å². The highest BCUT2D eigenvalue weighted by molar-refractivity contribution is 7.90. The molecule has 0 aliphatic carbocycles. The van der Waals surface area contributed by atoms with Crippen LogP contribution in [0.4, 0.5) is 5.69 Å². The minimum absolute atomic E-state index is 0.155. The largest absolute Gasteiger partial charge is 0.311 e. The maximum absolute atomic E-state index is 13.0. The average molecular weight is 449 g/mol. The zero-order chi connectivity index (χ0) is 23.0. The fraction of sp³-hybridized carbons (Fsp3) is 0.125. The van der Waals surface area contributed by atoms with E-state index in [4.69, 9.17) is 0 Å². The first kappa shape index (κ1) is 21.5. The molecule has 1 aliphatic heterocycles. The van der Waals surface area contributed by atoms with E-state index in [1.54, 1.807) is 7.05 Å². The summed E-state index contributed by atoms with van der Waals surface area (Å²) in [6.07, 6.45) is 1.11. The Balaban J connectivity index is 1.58. The van der Waals surface area contributed by atoms with Gasteiger partial charge in [-0.15, -0.1) is 0 Å². The number of fused-ring (bicyclic) bond motifs is 1. The Bertz CT molecular complexity index is 1330. The van der Waals surface area contributed by atoms with Crippen molar-refractivity contribution in [2.24, 2.45) is 0 Å². The maximum atomic E-state index is 13.0. The molecule has 0 fully saturated rings. The summed E-state index contributed by atoms with van der Waals surface area (Å²) in [6.45, 7) is 0.156. The number of hydrogen-bond donors (Lipinski definition) is 0. The van der Waals surface area contributed by atoms with Crippen LogP contribution >= 0.6 is 0 Å². The van der Waals surface area contributed by atoms with Crippen LogP contribution in [0.2, 0.25) is 0 Å². The van der Waals surface area contributed by atoms with E-state index in [1.165, 1.54) is 52.3 Å². The summed E-state index contributed by atoms with van der Waals surface area (Å²) in [5.74, 6) is -1.22. The van der Waals surface area contributed by atoms with Crippen molar-refractivity contribution in [1.82, 2.24) is 4.90 Å². The van der Waals surface area contributed by atoms with E-state index < -0.39 is 21.7 Å². The minimum Gasteiger partial charge on any atom is -0.311 e. The lowest BCUT2D eigenvalue weighted by molar-refractivity contribution is 0.0642. The summed E-state index contributed by atoms with van der Waals surface area (Å²) in [6, 6.07) is 19.6. The highest BCUT2D eigenvalue weighted by Crippen LogP contribution is 2.27. The van der Waals surface area contributed by atoms with Gasteiger partial charge in [-0.2, -0.15) is 0 Å². The Hall–Kier alpha value is -3.78. The van der Waals surface area contributed by atoms with Gasteiger partial charge in [0.25, 0.3) is 17.7 Å². The number of rotatable bonds is 5. The molecule has 7 nitrogen and oxygen atoms in total. The van der Waals surface area contributed by atoms with E-state index in [-0.39, 0.29) is 34.0 Å². The lowest BCUT2D eigenvalue weighted by atomic mass is 10.0. The van der Waals surface area contributed by atoms with Crippen LogP contribution < -0.4 is 4.90 Å². The van der Waals surface area contributed by atoms with Crippen molar-refractivity contribution in [3.63, 3.8) is 0 Å². The Morgan fingerprint density at radius 2 is 1.50 bits per heavy atom. The number of imide groups is 1. The molecule has 8 heteroatoms. The van der Waals surface area contributed by atoms with Crippen molar-refractivity contribution in [1.29, 1.82) is 0 Å². The molecule has 3 aromatic rings. The highest BCUT2D eigenvalue weighted by atomic mass is 32.2. The molecule has 0 saturated heterocycles. The topological polar surface area (TPSA) is 91.8 Å². The molecular weight excluding hydrogens is 428 g/mol. The SMILES string of the molecule is CN(C(=O)c1ccc2c(c1)C(=O)N(Cc1ccccc1)C2=O)c1ccc(S(C)(=O)=O)cc1. The molecule has 3 aromatic carbocycles. The zero-order valence-electron chi connectivity index (χ0n) is 17.5. The molecular formula is C24H20N2O5S. The lowest BCUT2D eigenvalue weighted by Gasteiger charge is -2.18. The zero-order valence-corrected chi connectivity index (χ0v) is 18.3. The van der Waals surface area contributed by atoms with Crippen LogP contribution in [0.25, 0.3) is 0 Å². The molecule has 32 heavy (non-hydrogen) atoms. The van der Waals surface area contributed by atoms with E-state index in [0.29, 0.717) is 5.69 Å². The van der Waals surface area contributed by atoms with Gasteiger partial charge in [0, 0.05) is 24.6 Å². The van der Waals surface area contributed by atoms with Crippen LogP contribution in [0.5, 0.6) is 0 Å². The molecule has 1 heterocycles. The normalized spacial score (nSPS) is 13.2. The van der Waals surface area contributed by atoms with Crippen molar-refractivity contribution >= 4 is 33.2 Å². The first-order valence-corrected chi connectivity index (χ1v) is 11.7. The fourth-order valence-electron chi connectivity index (χ4n) is 3.56. The first-order valence-electron chi connectivity index (χ1n) is 9.79. The number of anilines is 1. The van der Waals surface area contributed by atoms with E-state index in [1.807, 2.05) is 30.3 Å². The molecule has 0 bridgehead atoms. The lowest BCUT2D eigenvalue weighted by Crippen LogP contribution is -2.29. The molecule has 0 spiro atoms. The van der Waals surface area contributed by atoms with E-state index in [9.17, 15) is 22.8 Å². The van der Waals surface area contributed by atoms with Gasteiger partial charge < -0.3 is 4.90 Å². The van der Waals surface area contributed by atoms with Crippen molar-refractivity contribution in [2.45, 2.75) is 11.4 Å². The van der Waals surface area contributed by atoms with Gasteiger partial charge in [-0.1, -0.05) is 30.3 Å². The Kier molecular flexibility index (Phi) is 5.40. The number of hydrogen-bond acceptors (Lipinski definition) is 5. The second kappa shape index (κ2) is 8.05. The van der Waals surface area contributed by atoms with Gasteiger partial charge in [0.15, 0.2) is 9.84 Å². The Morgan fingerprint density at radius 3 is 2.12 bits per heavy atom. The molecule has 3 amide bonds. The second-order valence-corrected chi connectivity index (χ2v) is 9.59. The summed E-state index contributed by atoms with van der Waals surface area (Å²) in [4.78, 5) is 41.3. The molecule has 1 aliphatic rings. The molecule has 162 valence electrons. The van der Waals surface area contributed by atoms with Crippen molar-refractivity contribution in [3.05, 3.63) is 95.1 Å². The van der Waals surface area contributed by atoms with Gasteiger partial charge in [0.1, 0.15) is 0 Å². The van der Waals surface area contributed by atoms with Crippen LogP contribution in [0, 0.1) is 0 Å². The third-order valence-electron chi connectivity index (χ3n) is 5.36. The molecule has 0 atom stereocenters. The van der Waals surface area contributed by atoms with Gasteiger partial charge >= 0.3 is 0 Å². The van der Waals surface area contributed by atoms with Crippen LogP contribution in [0.15, 0.2) is 77.7 Å². The Labute approximate surface area is 185 Å². The monoisotopic (exact) mass is 448 g/mol. The predicted octanol–water partition coefficient (Wildman–Crippen LogP) is 3.16. The standard InChI is InChI=1S/C24H20N2O5S/c1-25(18-9-11-19(12-10-18)32(2,30)31)22(27)17-8-13-20-21(14-17)24(29)26(23(20)28)15-16-6-4-3-5-7-16/h3-14H,15H2,1-2H3. The summed E-state index contributed by atoms with van der Waals surface area (Å²) in [5, 5.41) is 0. The highest BCUT2D eigenvalue weighted by Gasteiger charge is 2.36. The van der Waals surface area contributed by atoms with E-state index >= 15 is 0 Å². The van der Waals surface area contributed by atoms with Crippen molar-refractivity contribution < 1.29 is 22.8 Å². The quantitative estimate of drug-likeness (QED) is 0.559. The molecule has 0 radical (unpaired) electrons. The number of sulfone groups is 1. The number of amides is 3. The first-order chi connectivity index (χ1) is 15.2. The molecule has 4 rings (SSSR count). The van der Waals surface area contributed by atoms with Gasteiger partial charge in [-0.25, -0.2) is 8.42 Å². The number of nitrogens with zero attached hydrogens (tertiary/aromatic N) is 2. The average Bonchev–Trinajstić information content (AvgIpc) is 3.02. The number of carbonyl (C=O) groups is 3. The van der Waals surface area contributed by atoms with Crippen molar-refractivity contribution in [3.8, 4) is 0 Å². The summed E-state index contributed by atoms with van der Waals surface area (Å²) in [5.41, 5.74) is 2.04. The maximum Gasteiger partial charge on any atom is 0.261 e. The summed E-state index contributed by atoms with van der Waals surface area (Å²) in [7, 11) is -1.79. The van der Waals surface area contributed by atoms with Gasteiger partial charge in [-0.05, 0) is 48.0 Å². The molecule has 0 unspecified atom stereocenters. The minimum atomic E-state index is -3.34. The van der Waals surface area contributed by atoms with Gasteiger partial charge in [0.2, 0.25) is 0 Å². The van der Waals surface area contributed by atoms with E-state index in [0.717, 1.165) is 11.8 Å². The summed E-state index contributed by atoms with van der Waals surface area (Å²) >= 11 is 0. The predicted molar refractivity (Wildman–Crippen MR) is 119 cm³/mol. The second-order valence-electron chi connectivity index (χ2n) is 7.57. The number of benzene rings is 3. The molecule has 0 aromatic heterocycles. The summed E-state index contributed by atoms with van der Waals surface area (Å²) < 4.78 is 23.3. The van der Waals surface area contributed by atoms with Crippen LogP contribution in [0.1, 0.15) is 36.6 Å². The molecule has 0 N–H and O–H groups in total. The third-order valence-corrected chi connectivity index (χ3v) is 6.49. The fourth-order valence-corrected chi connectivity index (χ4v) is 4.19. The van der Waals surface area contributed by atoms with Gasteiger partial charge in [0.05, 0.1) is 22.6 Å². The van der Waals surface area contributed by atoms with Crippen LogP contribution in [-0.4, -0.2) is 44.3 Å². The Morgan fingerprint density at radius 1 is 0.875 bits per heavy atom. The smallest absolute Gasteiger partial charge is 0.261 e. The third kappa shape index (κ3) is 3.92. The van der Waals surface area contributed by atoms with Crippen molar-refractivity contribution in [2.75, 3.05) is 18.2 Å².